The maximum Gasteiger partial charge on any atom is 0.349 e. The average Bonchev–Trinajstić information content (AvgIpc) is 3.41. The molecule has 0 bridgehead atoms. The first-order valence-electron chi connectivity index (χ1n) is 10.2. The number of fused-ring (bicyclic) bond motifs is 2. The second-order valence-corrected chi connectivity index (χ2v) is 7.65. The highest BCUT2D eigenvalue weighted by atomic mass is 16.5. The lowest BCUT2D eigenvalue weighted by Crippen LogP contribution is -2.28. The van der Waals surface area contributed by atoms with E-state index < -0.39 is 11.5 Å². The SMILES string of the molecule is COc1cccc2cc(C(=O)NCc3cc(-c4ccc5c(c4)OC(C)C5)on3)c(=O)oc12. The minimum Gasteiger partial charge on any atom is -0.493 e. The monoisotopic (exact) mass is 432 g/mol. The number of ether oxygens (including phenoxy) is 2. The number of aromatic nitrogens is 1. The van der Waals surface area contributed by atoms with Crippen molar-refractivity contribution in [3.8, 4) is 22.8 Å². The molecular formula is C24H20N2O6. The van der Waals surface area contributed by atoms with Gasteiger partial charge in [-0.3, -0.25) is 4.79 Å². The van der Waals surface area contributed by atoms with Crippen LogP contribution in [0.4, 0.5) is 0 Å². The zero-order valence-corrected chi connectivity index (χ0v) is 17.5. The van der Waals surface area contributed by atoms with Crippen molar-refractivity contribution in [2.45, 2.75) is 26.0 Å². The molecule has 2 aromatic heterocycles. The first kappa shape index (κ1) is 19.9. The molecule has 2 aromatic carbocycles. The molecule has 162 valence electrons. The number of para-hydroxylation sites is 1. The molecule has 32 heavy (non-hydrogen) atoms. The summed E-state index contributed by atoms with van der Waals surface area (Å²) in [5, 5.41) is 7.29. The van der Waals surface area contributed by atoms with Gasteiger partial charge in [0.25, 0.3) is 5.91 Å². The Kier molecular flexibility index (Phi) is 4.89. The van der Waals surface area contributed by atoms with Gasteiger partial charge >= 0.3 is 5.63 Å². The predicted octanol–water partition coefficient (Wildman–Crippen LogP) is 3.71. The van der Waals surface area contributed by atoms with Gasteiger partial charge in [0.15, 0.2) is 17.1 Å². The molecule has 0 saturated heterocycles. The zero-order chi connectivity index (χ0) is 22.2. The second kappa shape index (κ2) is 7.88. The summed E-state index contributed by atoms with van der Waals surface area (Å²) in [6.07, 6.45) is 1.05. The van der Waals surface area contributed by atoms with E-state index in [1.54, 1.807) is 24.3 Å². The van der Waals surface area contributed by atoms with Crippen molar-refractivity contribution in [1.82, 2.24) is 10.5 Å². The van der Waals surface area contributed by atoms with Crippen molar-refractivity contribution < 1.29 is 23.2 Å². The van der Waals surface area contributed by atoms with Crippen molar-refractivity contribution in [1.29, 1.82) is 0 Å². The summed E-state index contributed by atoms with van der Waals surface area (Å²) in [4.78, 5) is 24.9. The number of hydrogen-bond donors (Lipinski definition) is 1. The molecule has 1 atom stereocenters. The summed E-state index contributed by atoms with van der Waals surface area (Å²) in [6.45, 7) is 2.12. The highest BCUT2D eigenvalue weighted by Gasteiger charge is 2.20. The second-order valence-electron chi connectivity index (χ2n) is 7.65. The summed E-state index contributed by atoms with van der Waals surface area (Å²) < 4.78 is 21.7. The number of hydrogen-bond acceptors (Lipinski definition) is 7. The fourth-order valence-corrected chi connectivity index (χ4v) is 3.79. The van der Waals surface area contributed by atoms with Crippen LogP contribution in [0.25, 0.3) is 22.3 Å². The molecule has 1 amide bonds. The lowest BCUT2D eigenvalue weighted by atomic mass is 10.1. The van der Waals surface area contributed by atoms with Crippen LogP contribution in [-0.2, 0) is 13.0 Å². The van der Waals surface area contributed by atoms with Crippen LogP contribution < -0.4 is 20.4 Å². The third-order valence-electron chi connectivity index (χ3n) is 5.36. The number of methoxy groups -OCH3 is 1. The van der Waals surface area contributed by atoms with Crippen LogP contribution in [0.2, 0.25) is 0 Å². The summed E-state index contributed by atoms with van der Waals surface area (Å²) in [5.41, 5.74) is 1.99. The van der Waals surface area contributed by atoms with Crippen LogP contribution in [-0.4, -0.2) is 24.3 Å². The van der Waals surface area contributed by atoms with E-state index in [0.29, 0.717) is 28.2 Å². The van der Waals surface area contributed by atoms with Crippen LogP contribution in [0.5, 0.6) is 11.5 Å². The summed E-state index contributed by atoms with van der Waals surface area (Å²) in [7, 11) is 1.48. The van der Waals surface area contributed by atoms with Crippen LogP contribution in [0, 0.1) is 0 Å². The number of carbonyl (C=O) groups excluding carboxylic acids is 1. The number of rotatable bonds is 5. The van der Waals surface area contributed by atoms with Crippen molar-refractivity contribution in [3.05, 3.63) is 75.8 Å². The Bertz CT molecular complexity index is 1390. The smallest absolute Gasteiger partial charge is 0.349 e. The average molecular weight is 432 g/mol. The fourth-order valence-electron chi connectivity index (χ4n) is 3.79. The number of nitrogens with one attached hydrogen (secondary N) is 1. The molecular weight excluding hydrogens is 412 g/mol. The van der Waals surface area contributed by atoms with E-state index >= 15 is 0 Å². The van der Waals surface area contributed by atoms with Gasteiger partial charge in [-0.1, -0.05) is 29.4 Å². The third kappa shape index (κ3) is 3.60. The predicted molar refractivity (Wildman–Crippen MR) is 116 cm³/mol. The number of benzene rings is 2. The lowest BCUT2D eigenvalue weighted by molar-refractivity contribution is 0.0946. The van der Waals surface area contributed by atoms with E-state index in [2.05, 4.69) is 10.5 Å². The van der Waals surface area contributed by atoms with Crippen LogP contribution in [0.3, 0.4) is 0 Å². The van der Waals surface area contributed by atoms with Gasteiger partial charge in [-0.25, -0.2) is 4.79 Å². The number of nitrogens with zero attached hydrogens (tertiary/aromatic N) is 1. The Hall–Kier alpha value is -4.07. The quantitative estimate of drug-likeness (QED) is 0.480. The van der Waals surface area contributed by atoms with Crippen molar-refractivity contribution >= 4 is 16.9 Å². The topological polar surface area (TPSA) is 104 Å². The minimum absolute atomic E-state index is 0.0936. The maximum atomic E-state index is 12.6. The van der Waals surface area contributed by atoms with Gasteiger partial charge in [-0.2, -0.15) is 0 Å². The number of carbonyl (C=O) groups is 1. The molecule has 1 aliphatic rings. The largest absolute Gasteiger partial charge is 0.493 e. The van der Waals surface area contributed by atoms with Crippen molar-refractivity contribution in [3.63, 3.8) is 0 Å². The Labute approximate surface area is 182 Å². The van der Waals surface area contributed by atoms with Gasteiger partial charge in [0.05, 0.1) is 13.7 Å². The van der Waals surface area contributed by atoms with Gasteiger partial charge in [-0.15, -0.1) is 0 Å². The van der Waals surface area contributed by atoms with Crippen molar-refractivity contribution in [2.75, 3.05) is 7.11 Å². The van der Waals surface area contributed by atoms with Gasteiger partial charge in [0.2, 0.25) is 0 Å². The normalized spacial score (nSPS) is 14.8. The summed E-state index contributed by atoms with van der Waals surface area (Å²) in [6, 6.07) is 14.3. The van der Waals surface area contributed by atoms with Gasteiger partial charge < -0.3 is 23.7 Å². The van der Waals surface area contributed by atoms with Crippen molar-refractivity contribution in [2.24, 2.45) is 0 Å². The Balaban J connectivity index is 1.31. The Morgan fingerprint density at radius 3 is 2.94 bits per heavy atom. The molecule has 1 N–H and O–H groups in total. The Morgan fingerprint density at radius 2 is 2.09 bits per heavy atom. The van der Waals surface area contributed by atoms with E-state index in [0.717, 1.165) is 17.7 Å². The zero-order valence-electron chi connectivity index (χ0n) is 17.5. The standard InChI is InChI=1S/C24H20N2O6/c1-13-8-14-6-7-15(10-20(14)30-13)21-11-17(26-32-21)12-25-23(27)18-9-16-4-3-5-19(29-2)22(16)31-24(18)28/h3-7,9-11,13H,8,12H2,1-2H3,(H,25,27). The molecule has 0 aliphatic carbocycles. The first-order valence-corrected chi connectivity index (χ1v) is 10.2. The molecule has 0 fully saturated rings. The Morgan fingerprint density at radius 1 is 1.22 bits per heavy atom. The molecule has 1 aliphatic heterocycles. The highest BCUT2D eigenvalue weighted by molar-refractivity contribution is 5.97. The fraction of sp³-hybridized carbons (Fsp3) is 0.208. The lowest BCUT2D eigenvalue weighted by Gasteiger charge is -2.06. The summed E-state index contributed by atoms with van der Waals surface area (Å²) in [5.74, 6) is 1.28. The molecule has 0 spiro atoms. The molecule has 1 unspecified atom stereocenters. The van der Waals surface area contributed by atoms with E-state index in [1.165, 1.54) is 18.7 Å². The van der Waals surface area contributed by atoms with Crippen LogP contribution >= 0.6 is 0 Å². The van der Waals surface area contributed by atoms with E-state index in [9.17, 15) is 9.59 Å². The summed E-state index contributed by atoms with van der Waals surface area (Å²) >= 11 is 0. The molecule has 0 saturated carbocycles. The maximum absolute atomic E-state index is 12.6. The molecule has 4 aromatic rings. The van der Waals surface area contributed by atoms with E-state index in [4.69, 9.17) is 18.4 Å². The molecule has 3 heterocycles. The number of amides is 1. The van der Waals surface area contributed by atoms with Crippen LogP contribution in [0.1, 0.15) is 28.5 Å². The molecule has 8 nitrogen and oxygen atoms in total. The minimum atomic E-state index is -0.743. The van der Waals surface area contributed by atoms with Gasteiger partial charge in [0.1, 0.15) is 23.1 Å². The molecule has 8 heteroatoms. The first-order chi connectivity index (χ1) is 15.5. The van der Waals surface area contributed by atoms with E-state index in [1.807, 2.05) is 25.1 Å². The third-order valence-corrected chi connectivity index (χ3v) is 5.36. The van der Waals surface area contributed by atoms with E-state index in [-0.39, 0.29) is 18.2 Å². The van der Waals surface area contributed by atoms with Crippen LogP contribution in [0.15, 0.2) is 62.3 Å². The highest BCUT2D eigenvalue weighted by Crippen LogP contribution is 2.33. The molecule has 0 radical (unpaired) electrons. The molecule has 5 rings (SSSR count). The van der Waals surface area contributed by atoms with Gasteiger partial charge in [-0.05, 0) is 30.7 Å². The van der Waals surface area contributed by atoms with Gasteiger partial charge in [0, 0.05) is 23.4 Å².